The molecule has 1 rings (SSSR count). The minimum atomic E-state index is 0.0622. The first-order valence-corrected chi connectivity index (χ1v) is 5.79. The van der Waals surface area contributed by atoms with Crippen molar-refractivity contribution in [2.45, 2.75) is 13.8 Å². The molecule has 0 aliphatic carbocycles. The highest BCUT2D eigenvalue weighted by Gasteiger charge is 1.95. The predicted molar refractivity (Wildman–Crippen MR) is 66.6 cm³/mol. The number of carbonyl (C=O) groups excluding carboxylic acids is 2. The summed E-state index contributed by atoms with van der Waals surface area (Å²) < 4.78 is 0. The number of rotatable bonds is 2. The molecule has 16 heavy (non-hydrogen) atoms. The van der Waals surface area contributed by atoms with Crippen molar-refractivity contribution >= 4 is 23.2 Å². The largest absolute Gasteiger partial charge is 0.298 e. The topological polar surface area (TPSA) is 34.1 Å². The van der Waals surface area contributed by atoms with Gasteiger partial charge in [-0.05, 0) is 30.7 Å². The number of hydrogen-bond donors (Lipinski definition) is 0. The van der Waals surface area contributed by atoms with Crippen LogP contribution in [0.2, 0.25) is 0 Å². The van der Waals surface area contributed by atoms with Crippen LogP contribution in [0, 0.1) is 18.8 Å². The lowest BCUT2D eigenvalue weighted by molar-refractivity contribution is -0.109. The molecule has 82 valence electrons. The van der Waals surface area contributed by atoms with Gasteiger partial charge in [0.15, 0.2) is 5.12 Å². The van der Waals surface area contributed by atoms with Gasteiger partial charge in [-0.3, -0.25) is 9.59 Å². The average Bonchev–Trinajstić information content (AvgIpc) is 2.23. The van der Waals surface area contributed by atoms with Gasteiger partial charge in [-0.1, -0.05) is 23.6 Å². The van der Waals surface area contributed by atoms with E-state index in [9.17, 15) is 9.59 Å². The zero-order valence-electron chi connectivity index (χ0n) is 9.24. The molecule has 3 heteroatoms. The Labute approximate surface area is 99.4 Å². The van der Waals surface area contributed by atoms with E-state index >= 15 is 0 Å². The van der Waals surface area contributed by atoms with Gasteiger partial charge in [0, 0.05) is 18.1 Å². The number of carbonyl (C=O) groups is 2. The molecule has 1 aromatic rings. The lowest BCUT2D eigenvalue weighted by atomic mass is 10.1. The quantitative estimate of drug-likeness (QED) is 0.580. The molecule has 0 saturated carbocycles. The van der Waals surface area contributed by atoms with Crippen molar-refractivity contribution in [3.8, 4) is 11.8 Å². The van der Waals surface area contributed by atoms with Crippen LogP contribution in [0.15, 0.2) is 18.2 Å². The fourth-order valence-corrected chi connectivity index (χ4v) is 1.58. The second kappa shape index (κ2) is 6.14. The summed E-state index contributed by atoms with van der Waals surface area (Å²) in [6, 6.07) is 5.46. The molecule has 0 aromatic heterocycles. The molecule has 0 atom stereocenters. The van der Waals surface area contributed by atoms with E-state index in [0.717, 1.165) is 17.4 Å². The molecule has 0 bridgehead atoms. The molecular formula is C13H12O2S. The summed E-state index contributed by atoms with van der Waals surface area (Å²) >= 11 is 1.18. The van der Waals surface area contributed by atoms with Gasteiger partial charge in [0.2, 0.25) is 0 Å². The van der Waals surface area contributed by atoms with Crippen LogP contribution in [-0.4, -0.2) is 17.2 Å². The minimum absolute atomic E-state index is 0.0622. The van der Waals surface area contributed by atoms with Crippen LogP contribution in [0.5, 0.6) is 0 Å². The SMILES string of the molecule is CC(=O)SCC#Cc1cc(C)cc(C=O)c1. The monoisotopic (exact) mass is 232 g/mol. The van der Waals surface area contributed by atoms with Gasteiger partial charge in [0.05, 0.1) is 5.75 Å². The van der Waals surface area contributed by atoms with E-state index < -0.39 is 0 Å². The Kier molecular flexibility index (Phi) is 4.81. The third-order valence-electron chi connectivity index (χ3n) is 1.82. The average molecular weight is 232 g/mol. The third kappa shape index (κ3) is 4.33. The van der Waals surface area contributed by atoms with Gasteiger partial charge in [-0.25, -0.2) is 0 Å². The van der Waals surface area contributed by atoms with Crippen LogP contribution in [-0.2, 0) is 4.79 Å². The van der Waals surface area contributed by atoms with Crippen molar-refractivity contribution in [3.63, 3.8) is 0 Å². The molecule has 0 fully saturated rings. The van der Waals surface area contributed by atoms with Gasteiger partial charge < -0.3 is 0 Å². The van der Waals surface area contributed by atoms with Crippen LogP contribution in [0.4, 0.5) is 0 Å². The van der Waals surface area contributed by atoms with Crippen molar-refractivity contribution in [2.24, 2.45) is 0 Å². The van der Waals surface area contributed by atoms with Crippen molar-refractivity contribution < 1.29 is 9.59 Å². The van der Waals surface area contributed by atoms with E-state index in [4.69, 9.17) is 0 Å². The van der Waals surface area contributed by atoms with E-state index in [2.05, 4.69) is 11.8 Å². The van der Waals surface area contributed by atoms with E-state index in [1.165, 1.54) is 18.7 Å². The Morgan fingerprint density at radius 1 is 1.44 bits per heavy atom. The lowest BCUT2D eigenvalue weighted by Gasteiger charge is -1.96. The number of hydrogen-bond acceptors (Lipinski definition) is 3. The summed E-state index contributed by atoms with van der Waals surface area (Å²) in [6.07, 6.45) is 0.808. The van der Waals surface area contributed by atoms with Crippen LogP contribution in [0.1, 0.15) is 28.4 Å². The molecule has 2 nitrogen and oxygen atoms in total. The normalized spacial score (nSPS) is 9.12. The van der Waals surface area contributed by atoms with Crippen LogP contribution >= 0.6 is 11.8 Å². The fraction of sp³-hybridized carbons (Fsp3) is 0.231. The highest BCUT2D eigenvalue weighted by atomic mass is 32.2. The zero-order valence-corrected chi connectivity index (χ0v) is 10.1. The standard InChI is InChI=1S/C13H12O2S/c1-10-6-12(8-13(7-10)9-14)4-3-5-16-11(2)15/h6-9H,5H2,1-2H3. The van der Waals surface area contributed by atoms with Crippen LogP contribution in [0.3, 0.4) is 0 Å². The third-order valence-corrected chi connectivity index (χ3v) is 2.51. The Hall–Kier alpha value is -1.53. The van der Waals surface area contributed by atoms with Gasteiger partial charge in [-0.15, -0.1) is 0 Å². The molecule has 0 unspecified atom stereocenters. The molecule has 1 aromatic carbocycles. The molecule has 0 heterocycles. The lowest BCUT2D eigenvalue weighted by Crippen LogP contribution is -1.86. The van der Waals surface area contributed by atoms with Crippen LogP contribution in [0.25, 0.3) is 0 Å². The Bertz CT molecular complexity index is 467. The van der Waals surface area contributed by atoms with Crippen LogP contribution < -0.4 is 0 Å². The second-order valence-electron chi connectivity index (χ2n) is 3.33. The number of thioether (sulfide) groups is 1. The Morgan fingerprint density at radius 2 is 2.19 bits per heavy atom. The predicted octanol–water partition coefficient (Wildman–Crippen LogP) is 2.44. The summed E-state index contributed by atoms with van der Waals surface area (Å²) in [5.74, 6) is 6.31. The first-order valence-electron chi connectivity index (χ1n) is 4.81. The highest BCUT2D eigenvalue weighted by Crippen LogP contribution is 2.07. The molecule has 0 aliphatic heterocycles. The van der Waals surface area contributed by atoms with E-state index in [-0.39, 0.29) is 5.12 Å². The van der Waals surface area contributed by atoms with Gasteiger partial charge >= 0.3 is 0 Å². The van der Waals surface area contributed by atoms with E-state index in [1.807, 2.05) is 19.1 Å². The van der Waals surface area contributed by atoms with Gasteiger partial charge in [0.1, 0.15) is 6.29 Å². The second-order valence-corrected chi connectivity index (χ2v) is 4.48. The maximum Gasteiger partial charge on any atom is 0.186 e. The minimum Gasteiger partial charge on any atom is -0.298 e. The maximum atomic E-state index is 10.7. The number of aldehydes is 1. The van der Waals surface area contributed by atoms with Crippen molar-refractivity contribution in [3.05, 3.63) is 34.9 Å². The fourth-order valence-electron chi connectivity index (χ4n) is 1.23. The zero-order chi connectivity index (χ0) is 12.0. The summed E-state index contributed by atoms with van der Waals surface area (Å²) in [5.41, 5.74) is 2.45. The molecule has 0 aliphatic rings. The Morgan fingerprint density at radius 3 is 2.81 bits per heavy atom. The summed E-state index contributed by atoms with van der Waals surface area (Å²) in [6.45, 7) is 3.44. The first kappa shape index (κ1) is 12.5. The van der Waals surface area contributed by atoms with Gasteiger partial charge in [0.25, 0.3) is 0 Å². The Balaban J connectivity index is 2.76. The molecular weight excluding hydrogens is 220 g/mol. The molecule has 0 saturated heterocycles. The number of benzene rings is 1. The summed E-state index contributed by atoms with van der Waals surface area (Å²) in [4.78, 5) is 21.3. The van der Waals surface area contributed by atoms with E-state index in [1.54, 1.807) is 6.07 Å². The van der Waals surface area contributed by atoms with Crippen molar-refractivity contribution in [2.75, 3.05) is 5.75 Å². The summed E-state index contributed by atoms with van der Waals surface area (Å²) in [7, 11) is 0. The van der Waals surface area contributed by atoms with E-state index in [0.29, 0.717) is 11.3 Å². The van der Waals surface area contributed by atoms with Crippen molar-refractivity contribution in [1.29, 1.82) is 0 Å². The molecule has 0 N–H and O–H groups in total. The number of aryl methyl sites for hydroxylation is 1. The highest BCUT2D eigenvalue weighted by molar-refractivity contribution is 8.13. The smallest absolute Gasteiger partial charge is 0.186 e. The summed E-state index contributed by atoms with van der Waals surface area (Å²) in [5, 5.41) is 0.0622. The van der Waals surface area contributed by atoms with Gasteiger partial charge in [-0.2, -0.15) is 0 Å². The molecule has 0 radical (unpaired) electrons. The van der Waals surface area contributed by atoms with Crippen molar-refractivity contribution in [1.82, 2.24) is 0 Å². The molecule has 0 spiro atoms. The first-order chi connectivity index (χ1) is 7.61. The maximum absolute atomic E-state index is 10.7. The molecule has 0 amide bonds.